The lowest BCUT2D eigenvalue weighted by atomic mass is 9.84. The average molecular weight is 548 g/mol. The lowest BCUT2D eigenvalue weighted by molar-refractivity contribution is -0.130. The largest absolute Gasteiger partial charge is 0.378 e. The van der Waals surface area contributed by atoms with Crippen LogP contribution in [0.25, 0.3) is 0 Å². The highest BCUT2D eigenvalue weighted by Gasteiger charge is 2.67. The molecule has 2 aromatic rings. The fourth-order valence-corrected chi connectivity index (χ4v) is 6.27. The summed E-state index contributed by atoms with van der Waals surface area (Å²) in [6.45, 7) is 0.957. The molecule has 3 aliphatic rings. The van der Waals surface area contributed by atoms with Crippen molar-refractivity contribution in [1.29, 1.82) is 0 Å². The van der Waals surface area contributed by atoms with Crippen molar-refractivity contribution in [2.45, 2.75) is 16.7 Å². The maximum atomic E-state index is 15.2. The number of amides is 2. The Morgan fingerprint density at radius 3 is 2.78 bits per heavy atom. The number of aliphatic imine (C=N–C) groups is 1. The van der Waals surface area contributed by atoms with Gasteiger partial charge in [-0.05, 0) is 36.8 Å². The molecule has 3 N–H and O–H groups in total. The number of fused-ring (bicyclic) bond motifs is 1. The van der Waals surface area contributed by atoms with E-state index in [4.69, 9.17) is 22.1 Å². The van der Waals surface area contributed by atoms with E-state index in [1.54, 1.807) is 11.0 Å². The molecule has 0 spiro atoms. The van der Waals surface area contributed by atoms with Crippen LogP contribution in [0, 0.1) is 11.7 Å². The van der Waals surface area contributed by atoms with Crippen LogP contribution in [-0.2, 0) is 15.1 Å². The second-order valence-corrected chi connectivity index (χ2v) is 10.9. The van der Waals surface area contributed by atoms with Gasteiger partial charge < -0.3 is 20.7 Å². The zero-order chi connectivity index (χ0) is 26.2. The summed E-state index contributed by atoms with van der Waals surface area (Å²) >= 11 is 7.08. The number of hydrogen-bond acceptors (Lipinski definition) is 7. The number of rotatable bonds is 6. The Morgan fingerprint density at radius 2 is 2.08 bits per heavy atom. The number of hydrogen-bond donors (Lipinski definition) is 2. The van der Waals surface area contributed by atoms with Crippen LogP contribution in [-0.4, -0.2) is 64.6 Å². The third-order valence-electron chi connectivity index (χ3n) is 6.82. The Morgan fingerprint density at radius 1 is 1.30 bits per heavy atom. The second kappa shape index (κ2) is 10.0. The molecule has 3 atom stereocenters. The van der Waals surface area contributed by atoms with E-state index in [1.807, 2.05) is 0 Å². The molecule has 2 amide bonds. The number of alkyl halides is 1. The Kier molecular flexibility index (Phi) is 6.95. The number of nitrogens with one attached hydrogen (secondary N) is 1. The summed E-state index contributed by atoms with van der Waals surface area (Å²) in [7, 11) is 0. The van der Waals surface area contributed by atoms with Gasteiger partial charge in [-0.3, -0.25) is 9.59 Å². The van der Waals surface area contributed by atoms with Gasteiger partial charge in [-0.25, -0.2) is 18.8 Å². The molecule has 3 heterocycles. The number of nitrogens with two attached hydrogens (primary N) is 1. The van der Waals surface area contributed by atoms with Crippen LogP contribution in [0.5, 0.6) is 0 Å². The first-order chi connectivity index (χ1) is 17.8. The van der Waals surface area contributed by atoms with E-state index in [1.165, 1.54) is 48.3 Å². The number of benzene rings is 1. The van der Waals surface area contributed by atoms with Crippen LogP contribution in [0.4, 0.5) is 14.5 Å². The number of aromatic nitrogens is 1. The van der Waals surface area contributed by atoms with Gasteiger partial charge in [0.1, 0.15) is 23.7 Å². The number of halogens is 3. The van der Waals surface area contributed by atoms with Crippen LogP contribution in [0.1, 0.15) is 22.5 Å². The molecule has 12 heteroatoms. The molecular weight excluding hydrogens is 524 g/mol. The minimum Gasteiger partial charge on any atom is -0.378 e. The standard InChI is InChI=1S/C25H24ClF2N5O3S/c26-15-1-4-19(30-13-15)22(35)31-16-2-3-18(28)17(11-16)25(14-27)20-12-24(20,37-23(29)32-25)6-5-21(34)33-7-9-36-10-8-33/h1-6,11,13,20H,7-10,12,14H2,(H2,29,32)(H,31,35)/t20-,24+,25-/m1/s1. The number of nitrogens with zero attached hydrogens (tertiary/aromatic N) is 3. The molecule has 1 aliphatic carbocycles. The van der Waals surface area contributed by atoms with Gasteiger partial charge in [0.05, 0.1) is 18.2 Å². The van der Waals surface area contributed by atoms with E-state index in [9.17, 15) is 14.0 Å². The smallest absolute Gasteiger partial charge is 0.274 e. The van der Waals surface area contributed by atoms with Crippen molar-refractivity contribution in [3.8, 4) is 0 Å². The predicted molar refractivity (Wildman–Crippen MR) is 138 cm³/mol. The summed E-state index contributed by atoms with van der Waals surface area (Å²) in [5.74, 6) is -1.80. The van der Waals surface area contributed by atoms with E-state index in [2.05, 4.69) is 15.3 Å². The molecule has 1 saturated heterocycles. The van der Waals surface area contributed by atoms with Crippen molar-refractivity contribution in [3.05, 3.63) is 70.8 Å². The fourth-order valence-electron chi connectivity index (χ4n) is 4.84. The highest BCUT2D eigenvalue weighted by Crippen LogP contribution is 2.67. The third kappa shape index (κ3) is 4.95. The van der Waals surface area contributed by atoms with Crippen molar-refractivity contribution in [1.82, 2.24) is 9.88 Å². The maximum absolute atomic E-state index is 15.2. The molecule has 0 bridgehead atoms. The summed E-state index contributed by atoms with van der Waals surface area (Å²) in [5.41, 5.74) is 4.88. The third-order valence-corrected chi connectivity index (χ3v) is 8.31. The molecule has 0 radical (unpaired) electrons. The topological polar surface area (TPSA) is 110 Å². The average Bonchev–Trinajstić information content (AvgIpc) is 3.63. The molecule has 2 fully saturated rings. The fraction of sp³-hybridized carbons (Fsp3) is 0.360. The van der Waals surface area contributed by atoms with Gasteiger partial charge in [-0.15, -0.1) is 0 Å². The first-order valence-corrected chi connectivity index (χ1v) is 12.8. The zero-order valence-corrected chi connectivity index (χ0v) is 21.2. The Labute approximate surface area is 221 Å². The van der Waals surface area contributed by atoms with Crippen LogP contribution >= 0.6 is 23.4 Å². The van der Waals surface area contributed by atoms with Gasteiger partial charge in [0.25, 0.3) is 5.91 Å². The maximum Gasteiger partial charge on any atom is 0.274 e. The van der Waals surface area contributed by atoms with Gasteiger partial charge in [0.15, 0.2) is 5.17 Å². The van der Waals surface area contributed by atoms with Crippen molar-refractivity contribution < 1.29 is 23.1 Å². The van der Waals surface area contributed by atoms with Crippen molar-refractivity contribution in [2.24, 2.45) is 16.6 Å². The van der Waals surface area contributed by atoms with Crippen LogP contribution in [0.2, 0.25) is 5.02 Å². The van der Waals surface area contributed by atoms with E-state index in [0.29, 0.717) is 37.7 Å². The molecule has 194 valence electrons. The van der Waals surface area contributed by atoms with E-state index in [0.717, 1.165) is 6.07 Å². The summed E-state index contributed by atoms with van der Waals surface area (Å²) in [5, 5.41) is 3.14. The summed E-state index contributed by atoms with van der Waals surface area (Å²) in [6.07, 6.45) is 5.02. The molecule has 2 aliphatic heterocycles. The number of anilines is 1. The Balaban J connectivity index is 1.41. The summed E-state index contributed by atoms with van der Waals surface area (Å²) in [6, 6.07) is 6.90. The highest BCUT2D eigenvalue weighted by molar-refractivity contribution is 8.15. The number of carbonyl (C=O) groups is 2. The quantitative estimate of drug-likeness (QED) is 0.536. The van der Waals surface area contributed by atoms with Crippen molar-refractivity contribution >= 4 is 46.0 Å². The normalized spacial score (nSPS) is 26.9. The molecule has 37 heavy (non-hydrogen) atoms. The number of ether oxygens (including phenoxy) is 1. The highest BCUT2D eigenvalue weighted by atomic mass is 35.5. The lowest BCUT2D eigenvalue weighted by Gasteiger charge is -2.34. The molecule has 0 unspecified atom stereocenters. The second-order valence-electron chi connectivity index (χ2n) is 9.10. The molecule has 5 rings (SSSR count). The molecule has 8 nitrogen and oxygen atoms in total. The molecular formula is C25H24ClF2N5O3S. The van der Waals surface area contributed by atoms with Crippen LogP contribution in [0.3, 0.4) is 0 Å². The minimum absolute atomic E-state index is 0.0140. The van der Waals surface area contributed by atoms with E-state index in [-0.39, 0.29) is 28.0 Å². The Bertz CT molecular complexity index is 1290. The number of thioether (sulfide) groups is 1. The lowest BCUT2D eigenvalue weighted by Crippen LogP contribution is -2.41. The van der Waals surface area contributed by atoms with Crippen LogP contribution in [0.15, 0.2) is 53.7 Å². The summed E-state index contributed by atoms with van der Waals surface area (Å²) < 4.78 is 34.6. The first kappa shape index (κ1) is 25.6. The number of carbonyl (C=O) groups excluding carboxylic acids is 2. The number of amidine groups is 1. The van der Waals surface area contributed by atoms with Gasteiger partial charge in [-0.1, -0.05) is 29.4 Å². The van der Waals surface area contributed by atoms with E-state index < -0.39 is 34.6 Å². The number of morpholine rings is 1. The predicted octanol–water partition coefficient (Wildman–Crippen LogP) is 3.53. The SMILES string of the molecule is NC1=N[C@](CF)(c2cc(NC(=O)c3ccc(Cl)cn3)ccc2F)[C@@H]2C[C@]2(C=CC(=O)N2CCOCC2)S1. The van der Waals surface area contributed by atoms with Crippen LogP contribution < -0.4 is 11.1 Å². The van der Waals surface area contributed by atoms with Gasteiger partial charge in [-0.2, -0.15) is 0 Å². The zero-order valence-electron chi connectivity index (χ0n) is 19.6. The van der Waals surface area contributed by atoms with Gasteiger partial charge >= 0.3 is 0 Å². The molecule has 1 aromatic carbocycles. The van der Waals surface area contributed by atoms with Gasteiger partial charge in [0.2, 0.25) is 5.91 Å². The monoisotopic (exact) mass is 547 g/mol. The summed E-state index contributed by atoms with van der Waals surface area (Å²) in [4.78, 5) is 35.3. The number of pyridine rings is 1. The van der Waals surface area contributed by atoms with E-state index >= 15 is 4.39 Å². The molecule has 1 saturated carbocycles. The van der Waals surface area contributed by atoms with Crippen molar-refractivity contribution in [3.63, 3.8) is 0 Å². The van der Waals surface area contributed by atoms with Crippen molar-refractivity contribution in [2.75, 3.05) is 38.3 Å². The van der Waals surface area contributed by atoms with Gasteiger partial charge in [0, 0.05) is 47.3 Å². The first-order valence-electron chi connectivity index (χ1n) is 11.7. The Hall–Kier alpha value is -3.02. The minimum atomic E-state index is -1.59. The molecule has 1 aromatic heterocycles.